The summed E-state index contributed by atoms with van der Waals surface area (Å²) in [4.78, 5) is 18.9. The van der Waals surface area contributed by atoms with E-state index in [1.165, 1.54) is 16.7 Å². The Hall–Kier alpha value is -3.22. The summed E-state index contributed by atoms with van der Waals surface area (Å²) in [6.45, 7) is 3.74. The van der Waals surface area contributed by atoms with Crippen molar-refractivity contribution >= 4 is 17.6 Å². The van der Waals surface area contributed by atoms with E-state index < -0.39 is 0 Å². The van der Waals surface area contributed by atoms with E-state index in [1.54, 1.807) is 21.3 Å². The van der Waals surface area contributed by atoms with Gasteiger partial charge in [-0.3, -0.25) is 9.79 Å². The molecule has 0 unspecified atom stereocenters. The van der Waals surface area contributed by atoms with Gasteiger partial charge >= 0.3 is 0 Å². The van der Waals surface area contributed by atoms with Crippen LogP contribution in [0, 0.1) is 0 Å². The van der Waals surface area contributed by atoms with Gasteiger partial charge in [-0.25, -0.2) is 0 Å². The topological polar surface area (TPSA) is 75.2 Å². The van der Waals surface area contributed by atoms with Crippen molar-refractivity contribution in [1.82, 2.24) is 10.2 Å². The first-order chi connectivity index (χ1) is 14.6. The van der Waals surface area contributed by atoms with Crippen LogP contribution in [0.15, 0.2) is 41.4 Å². The van der Waals surface area contributed by atoms with Crippen molar-refractivity contribution in [1.29, 1.82) is 0 Å². The molecule has 0 atom stereocenters. The molecule has 0 fully saturated rings. The van der Waals surface area contributed by atoms with Crippen molar-refractivity contribution in [2.45, 2.75) is 26.3 Å². The Morgan fingerprint density at radius 1 is 1.13 bits per heavy atom. The van der Waals surface area contributed by atoms with Crippen molar-refractivity contribution in [3.63, 3.8) is 0 Å². The van der Waals surface area contributed by atoms with E-state index in [1.807, 2.05) is 30.3 Å². The summed E-state index contributed by atoms with van der Waals surface area (Å²) in [6, 6.07) is 12.0. The van der Waals surface area contributed by atoms with E-state index in [-0.39, 0.29) is 12.5 Å². The zero-order valence-electron chi connectivity index (χ0n) is 18.1. The van der Waals surface area contributed by atoms with Gasteiger partial charge in [-0.15, -0.1) is 0 Å². The molecule has 1 aliphatic heterocycles. The molecule has 0 saturated carbocycles. The van der Waals surface area contributed by atoms with Crippen molar-refractivity contribution in [3.8, 4) is 11.5 Å². The molecule has 0 radical (unpaired) electrons. The summed E-state index contributed by atoms with van der Waals surface area (Å²) in [5.74, 6) is 2.06. The maximum Gasteiger partial charge on any atom is 0.243 e. The van der Waals surface area contributed by atoms with Crippen LogP contribution in [0.2, 0.25) is 0 Å². The number of guanidine groups is 1. The molecule has 1 amide bonds. The molecule has 2 N–H and O–H groups in total. The van der Waals surface area contributed by atoms with E-state index in [0.29, 0.717) is 12.5 Å². The number of fused-ring (bicyclic) bond motifs is 1. The number of hydrogen-bond donors (Lipinski definition) is 2. The summed E-state index contributed by atoms with van der Waals surface area (Å²) in [7, 11) is 5.02. The van der Waals surface area contributed by atoms with Crippen LogP contribution in [0.25, 0.3) is 0 Å². The molecule has 0 aromatic heterocycles. The number of nitrogens with zero attached hydrogens (tertiary/aromatic N) is 2. The van der Waals surface area contributed by atoms with Gasteiger partial charge in [-0.05, 0) is 53.8 Å². The number of benzene rings is 2. The number of carbonyl (C=O) groups excluding carboxylic acids is 1. The molecule has 2 aromatic carbocycles. The monoisotopic (exact) mass is 410 g/mol. The lowest BCUT2D eigenvalue weighted by Gasteiger charge is -2.32. The third-order valence-electron chi connectivity index (χ3n) is 5.26. The fourth-order valence-electron chi connectivity index (χ4n) is 3.63. The minimum atomic E-state index is -0.104. The second kappa shape index (κ2) is 10.0. The van der Waals surface area contributed by atoms with Crippen LogP contribution in [0.5, 0.6) is 11.5 Å². The third kappa shape index (κ3) is 5.03. The van der Waals surface area contributed by atoms with Gasteiger partial charge in [-0.1, -0.05) is 19.1 Å². The fraction of sp³-hybridized carbons (Fsp3) is 0.391. The van der Waals surface area contributed by atoms with Crippen LogP contribution < -0.4 is 20.1 Å². The van der Waals surface area contributed by atoms with E-state index in [4.69, 9.17) is 9.47 Å². The van der Waals surface area contributed by atoms with E-state index in [2.05, 4.69) is 33.5 Å². The quantitative estimate of drug-likeness (QED) is 0.566. The zero-order valence-corrected chi connectivity index (χ0v) is 18.1. The second-order valence-electron chi connectivity index (χ2n) is 7.15. The lowest BCUT2D eigenvalue weighted by atomic mass is 9.99. The standard InChI is InChI=1S/C23H30N4O3/c1-5-16-7-6-8-19(11-16)26-22(28)14-25-23(24-2)27-10-9-17-12-20(29-3)21(30-4)13-18(17)15-27/h6-8,11-13H,5,9-10,14-15H2,1-4H3,(H,24,25)(H,26,28). The predicted octanol–water partition coefficient (Wildman–Crippen LogP) is 2.84. The summed E-state index contributed by atoms with van der Waals surface area (Å²) in [5, 5.41) is 6.11. The van der Waals surface area contributed by atoms with Crippen LogP contribution in [0.1, 0.15) is 23.6 Å². The first kappa shape index (κ1) is 21.5. The highest BCUT2D eigenvalue weighted by atomic mass is 16.5. The highest BCUT2D eigenvalue weighted by Crippen LogP contribution is 2.33. The molecule has 7 heteroatoms. The molecular formula is C23H30N4O3. The van der Waals surface area contributed by atoms with Crippen molar-refractivity contribution in [2.75, 3.05) is 39.7 Å². The third-order valence-corrected chi connectivity index (χ3v) is 5.26. The highest BCUT2D eigenvalue weighted by molar-refractivity contribution is 5.95. The number of ether oxygens (including phenoxy) is 2. The van der Waals surface area contributed by atoms with Gasteiger partial charge in [0.1, 0.15) is 0 Å². The first-order valence-electron chi connectivity index (χ1n) is 10.2. The number of anilines is 1. The van der Waals surface area contributed by atoms with Crippen LogP contribution in [-0.2, 0) is 24.2 Å². The molecule has 3 rings (SSSR count). The Kier molecular flexibility index (Phi) is 7.17. The number of rotatable bonds is 6. The Labute approximate surface area is 178 Å². The van der Waals surface area contributed by atoms with Crippen LogP contribution >= 0.6 is 0 Å². The number of methoxy groups -OCH3 is 2. The minimum absolute atomic E-state index is 0.104. The van der Waals surface area contributed by atoms with Crippen LogP contribution in [0.3, 0.4) is 0 Å². The largest absolute Gasteiger partial charge is 0.493 e. The van der Waals surface area contributed by atoms with Crippen molar-refractivity contribution in [2.24, 2.45) is 4.99 Å². The maximum atomic E-state index is 12.4. The molecule has 0 aliphatic carbocycles. The average Bonchev–Trinajstić information content (AvgIpc) is 2.78. The summed E-state index contributed by atoms with van der Waals surface area (Å²) in [5.41, 5.74) is 4.41. The van der Waals surface area contributed by atoms with Gasteiger partial charge in [-0.2, -0.15) is 0 Å². The smallest absolute Gasteiger partial charge is 0.243 e. The van der Waals surface area contributed by atoms with Gasteiger partial charge in [0, 0.05) is 25.8 Å². The molecule has 30 heavy (non-hydrogen) atoms. The number of hydrogen-bond acceptors (Lipinski definition) is 4. The molecule has 1 heterocycles. The van der Waals surface area contributed by atoms with Gasteiger partial charge in [0.05, 0.1) is 20.8 Å². The summed E-state index contributed by atoms with van der Waals surface area (Å²) >= 11 is 0. The van der Waals surface area contributed by atoms with Crippen LogP contribution in [0.4, 0.5) is 5.69 Å². The van der Waals surface area contributed by atoms with Crippen LogP contribution in [-0.4, -0.2) is 51.1 Å². The molecule has 7 nitrogen and oxygen atoms in total. The summed E-state index contributed by atoms with van der Waals surface area (Å²) < 4.78 is 10.8. The number of nitrogens with one attached hydrogen (secondary N) is 2. The van der Waals surface area contributed by atoms with Gasteiger partial charge in [0.15, 0.2) is 17.5 Å². The number of amides is 1. The summed E-state index contributed by atoms with van der Waals surface area (Å²) in [6.07, 6.45) is 1.80. The number of aliphatic imine (C=N–C) groups is 1. The van der Waals surface area contributed by atoms with Crippen molar-refractivity contribution < 1.29 is 14.3 Å². The molecule has 0 spiro atoms. The Bertz CT molecular complexity index is 927. The Balaban J connectivity index is 1.61. The number of carbonyl (C=O) groups is 1. The van der Waals surface area contributed by atoms with E-state index >= 15 is 0 Å². The van der Waals surface area contributed by atoms with Crippen molar-refractivity contribution in [3.05, 3.63) is 53.1 Å². The second-order valence-corrected chi connectivity index (χ2v) is 7.15. The average molecular weight is 411 g/mol. The predicted molar refractivity (Wildman–Crippen MR) is 119 cm³/mol. The lowest BCUT2D eigenvalue weighted by molar-refractivity contribution is -0.115. The van der Waals surface area contributed by atoms with Gasteiger partial charge in [0.2, 0.25) is 5.91 Å². The Morgan fingerprint density at radius 2 is 1.87 bits per heavy atom. The van der Waals surface area contributed by atoms with Gasteiger partial charge in [0.25, 0.3) is 0 Å². The molecule has 1 aliphatic rings. The molecular weight excluding hydrogens is 380 g/mol. The Morgan fingerprint density at radius 3 is 2.53 bits per heavy atom. The first-order valence-corrected chi connectivity index (χ1v) is 10.2. The zero-order chi connectivity index (χ0) is 21.5. The molecule has 160 valence electrons. The molecule has 2 aromatic rings. The minimum Gasteiger partial charge on any atom is -0.493 e. The fourth-order valence-corrected chi connectivity index (χ4v) is 3.63. The molecule has 0 saturated heterocycles. The highest BCUT2D eigenvalue weighted by Gasteiger charge is 2.22. The van der Waals surface area contributed by atoms with E-state index in [0.717, 1.165) is 36.6 Å². The normalized spacial score (nSPS) is 13.5. The number of aryl methyl sites for hydroxylation is 1. The van der Waals surface area contributed by atoms with Gasteiger partial charge < -0.3 is 25.0 Å². The maximum absolute atomic E-state index is 12.4. The van der Waals surface area contributed by atoms with E-state index in [9.17, 15) is 4.79 Å². The molecule has 0 bridgehead atoms. The SMILES string of the molecule is CCc1cccc(NC(=O)CNC(=NC)N2CCc3cc(OC)c(OC)cc3C2)c1. The lowest BCUT2D eigenvalue weighted by Crippen LogP contribution is -2.46.